The van der Waals surface area contributed by atoms with E-state index in [0.29, 0.717) is 18.8 Å². The van der Waals surface area contributed by atoms with Crippen LogP contribution in [-0.4, -0.2) is 70.1 Å². The van der Waals surface area contributed by atoms with Crippen molar-refractivity contribution < 1.29 is 27.5 Å². The number of benzene rings is 1. The molecule has 2 fully saturated rings. The molecule has 2 amide bonds. The van der Waals surface area contributed by atoms with E-state index in [4.69, 9.17) is 9.47 Å². The van der Waals surface area contributed by atoms with Crippen molar-refractivity contribution in [2.24, 2.45) is 0 Å². The van der Waals surface area contributed by atoms with Gasteiger partial charge in [0, 0.05) is 19.2 Å². The lowest BCUT2D eigenvalue weighted by molar-refractivity contribution is -0.141. The first-order valence-electron chi connectivity index (χ1n) is 11.7. The fourth-order valence-electron chi connectivity index (χ4n) is 4.42. The molecule has 33 heavy (non-hydrogen) atoms. The summed E-state index contributed by atoms with van der Waals surface area (Å²) in [5, 5.41) is 3.07. The molecule has 2 aliphatic rings. The van der Waals surface area contributed by atoms with Gasteiger partial charge >= 0.3 is 0 Å². The van der Waals surface area contributed by atoms with Gasteiger partial charge in [0.15, 0.2) is 0 Å². The van der Waals surface area contributed by atoms with Gasteiger partial charge in [0.2, 0.25) is 21.8 Å². The summed E-state index contributed by atoms with van der Waals surface area (Å²) in [7, 11) is -2.40. The maximum Gasteiger partial charge on any atom is 0.243 e. The number of carbonyl (C=O) groups excluding carboxylic acids is 2. The number of methoxy groups -OCH3 is 1. The molecule has 0 spiro atoms. The van der Waals surface area contributed by atoms with Gasteiger partial charge < -0.3 is 19.7 Å². The van der Waals surface area contributed by atoms with Gasteiger partial charge in [0.1, 0.15) is 11.8 Å². The molecule has 3 rings (SSSR count). The van der Waals surface area contributed by atoms with Crippen molar-refractivity contribution in [3.8, 4) is 5.75 Å². The van der Waals surface area contributed by atoms with Crippen molar-refractivity contribution in [3.05, 3.63) is 24.3 Å². The number of nitrogens with one attached hydrogen (secondary N) is 2. The van der Waals surface area contributed by atoms with Crippen molar-refractivity contribution in [2.45, 2.75) is 75.0 Å². The number of amides is 2. The summed E-state index contributed by atoms with van der Waals surface area (Å²) in [6.07, 6.45) is 6.07. The smallest absolute Gasteiger partial charge is 0.243 e. The molecular weight excluding hydrogens is 446 g/mol. The summed E-state index contributed by atoms with van der Waals surface area (Å²) in [4.78, 5) is 27.7. The van der Waals surface area contributed by atoms with Crippen LogP contribution in [-0.2, 0) is 24.3 Å². The Morgan fingerprint density at radius 1 is 1.15 bits per heavy atom. The summed E-state index contributed by atoms with van der Waals surface area (Å²) in [6, 6.07) is 5.38. The number of hydrogen-bond acceptors (Lipinski definition) is 6. The molecule has 1 aliphatic carbocycles. The van der Waals surface area contributed by atoms with Crippen LogP contribution in [0, 0.1) is 0 Å². The zero-order valence-electron chi connectivity index (χ0n) is 19.4. The van der Waals surface area contributed by atoms with Crippen LogP contribution < -0.4 is 14.8 Å². The van der Waals surface area contributed by atoms with E-state index < -0.39 is 28.5 Å². The Hall–Kier alpha value is -2.17. The molecular formula is C23H35N3O6S. The Balaban J connectivity index is 1.69. The lowest BCUT2D eigenvalue weighted by Gasteiger charge is -2.33. The highest BCUT2D eigenvalue weighted by atomic mass is 32.2. The summed E-state index contributed by atoms with van der Waals surface area (Å²) in [6.45, 7) is 2.31. The minimum atomic E-state index is -3.90. The van der Waals surface area contributed by atoms with Gasteiger partial charge in [0.05, 0.1) is 24.7 Å². The van der Waals surface area contributed by atoms with Gasteiger partial charge in [-0.3, -0.25) is 9.59 Å². The Kier molecular flexibility index (Phi) is 9.10. The SMILES string of the molecule is CCC(C(=O)NC1CCCC1)N(CC1CCCO1)C(=O)CNS(=O)(=O)c1ccc(OC)cc1. The average Bonchev–Trinajstić information content (AvgIpc) is 3.52. The van der Waals surface area contributed by atoms with E-state index in [9.17, 15) is 18.0 Å². The molecule has 0 aromatic heterocycles. The normalized spacial score (nSPS) is 19.9. The van der Waals surface area contributed by atoms with Crippen LogP contribution in [0.4, 0.5) is 0 Å². The average molecular weight is 482 g/mol. The quantitative estimate of drug-likeness (QED) is 0.498. The molecule has 1 saturated heterocycles. The second-order valence-corrected chi connectivity index (χ2v) is 10.4. The minimum Gasteiger partial charge on any atom is -0.497 e. The maximum absolute atomic E-state index is 13.2. The van der Waals surface area contributed by atoms with Crippen LogP contribution in [0.15, 0.2) is 29.2 Å². The largest absolute Gasteiger partial charge is 0.497 e. The lowest BCUT2D eigenvalue weighted by atomic mass is 10.1. The van der Waals surface area contributed by atoms with Crippen LogP contribution >= 0.6 is 0 Å². The predicted molar refractivity (Wildman–Crippen MR) is 123 cm³/mol. The molecule has 2 unspecified atom stereocenters. The Morgan fingerprint density at radius 2 is 1.85 bits per heavy atom. The second-order valence-electron chi connectivity index (χ2n) is 8.60. The summed E-state index contributed by atoms with van der Waals surface area (Å²) >= 11 is 0. The van der Waals surface area contributed by atoms with E-state index in [-0.39, 0.29) is 29.5 Å². The first-order valence-corrected chi connectivity index (χ1v) is 13.2. The van der Waals surface area contributed by atoms with Crippen LogP contribution in [0.2, 0.25) is 0 Å². The van der Waals surface area contributed by atoms with E-state index in [1.807, 2.05) is 6.92 Å². The van der Waals surface area contributed by atoms with E-state index in [1.165, 1.54) is 24.1 Å². The predicted octanol–water partition coefficient (Wildman–Crippen LogP) is 1.82. The number of carbonyl (C=O) groups is 2. The fourth-order valence-corrected chi connectivity index (χ4v) is 5.40. The van der Waals surface area contributed by atoms with Crippen molar-refractivity contribution >= 4 is 21.8 Å². The third kappa shape index (κ3) is 6.91. The molecule has 10 heteroatoms. The van der Waals surface area contributed by atoms with E-state index in [2.05, 4.69) is 10.0 Å². The molecule has 1 aromatic carbocycles. The highest BCUT2D eigenvalue weighted by Gasteiger charge is 2.33. The maximum atomic E-state index is 13.2. The van der Waals surface area contributed by atoms with Gasteiger partial charge in [-0.15, -0.1) is 0 Å². The van der Waals surface area contributed by atoms with E-state index in [0.717, 1.165) is 38.5 Å². The molecule has 0 radical (unpaired) electrons. The highest BCUT2D eigenvalue weighted by Crippen LogP contribution is 2.20. The van der Waals surface area contributed by atoms with Crippen molar-refractivity contribution in [2.75, 3.05) is 26.8 Å². The Bertz CT molecular complexity index is 893. The topological polar surface area (TPSA) is 114 Å². The molecule has 0 bridgehead atoms. The third-order valence-electron chi connectivity index (χ3n) is 6.29. The standard InChI is InChI=1S/C23H35N3O6S/c1-3-21(23(28)25-17-7-4-5-8-17)26(16-19-9-6-14-32-19)22(27)15-24-33(29,30)20-12-10-18(31-2)11-13-20/h10-13,17,19,21,24H,3-9,14-16H2,1-2H3,(H,25,28). The van der Waals surface area contributed by atoms with Gasteiger partial charge in [0.25, 0.3) is 0 Å². The van der Waals surface area contributed by atoms with E-state index in [1.54, 1.807) is 12.1 Å². The molecule has 184 valence electrons. The summed E-state index contributed by atoms with van der Waals surface area (Å²) in [5.74, 6) is -0.100. The lowest BCUT2D eigenvalue weighted by Crippen LogP contribution is -2.55. The second kappa shape index (κ2) is 11.8. The summed E-state index contributed by atoms with van der Waals surface area (Å²) < 4.78 is 38.5. The van der Waals surface area contributed by atoms with Crippen LogP contribution in [0.1, 0.15) is 51.9 Å². The van der Waals surface area contributed by atoms with Crippen LogP contribution in [0.25, 0.3) is 0 Å². The third-order valence-corrected chi connectivity index (χ3v) is 7.71. The number of nitrogens with zero attached hydrogens (tertiary/aromatic N) is 1. The van der Waals surface area contributed by atoms with Crippen molar-refractivity contribution in [1.82, 2.24) is 14.9 Å². The number of rotatable bonds is 11. The molecule has 1 heterocycles. The van der Waals surface area contributed by atoms with Crippen LogP contribution in [0.5, 0.6) is 5.75 Å². The van der Waals surface area contributed by atoms with Gasteiger partial charge in [-0.1, -0.05) is 19.8 Å². The van der Waals surface area contributed by atoms with E-state index >= 15 is 0 Å². The highest BCUT2D eigenvalue weighted by molar-refractivity contribution is 7.89. The first-order chi connectivity index (χ1) is 15.8. The monoisotopic (exact) mass is 481 g/mol. The number of ether oxygens (including phenoxy) is 2. The Morgan fingerprint density at radius 3 is 2.42 bits per heavy atom. The van der Waals surface area contributed by atoms with Crippen molar-refractivity contribution in [3.63, 3.8) is 0 Å². The number of sulfonamides is 1. The first kappa shape index (κ1) is 25.5. The zero-order valence-corrected chi connectivity index (χ0v) is 20.2. The van der Waals surface area contributed by atoms with Gasteiger partial charge in [-0.05, 0) is 56.4 Å². The molecule has 9 nitrogen and oxygen atoms in total. The molecule has 1 aromatic rings. The minimum absolute atomic E-state index is 0.0350. The molecule has 1 saturated carbocycles. The van der Waals surface area contributed by atoms with Crippen molar-refractivity contribution in [1.29, 1.82) is 0 Å². The van der Waals surface area contributed by atoms with Gasteiger partial charge in [-0.25, -0.2) is 13.1 Å². The summed E-state index contributed by atoms with van der Waals surface area (Å²) in [5.41, 5.74) is 0. The molecule has 1 aliphatic heterocycles. The Labute approximate surface area is 196 Å². The molecule has 2 atom stereocenters. The van der Waals surface area contributed by atoms with Gasteiger partial charge in [-0.2, -0.15) is 0 Å². The number of hydrogen-bond donors (Lipinski definition) is 2. The van der Waals surface area contributed by atoms with Crippen LogP contribution in [0.3, 0.4) is 0 Å². The molecule has 2 N–H and O–H groups in total. The zero-order chi connectivity index (χ0) is 23.8. The fraction of sp³-hybridized carbons (Fsp3) is 0.652.